The van der Waals surface area contributed by atoms with Gasteiger partial charge >= 0.3 is 0 Å². The predicted molar refractivity (Wildman–Crippen MR) is 84.2 cm³/mol. The van der Waals surface area contributed by atoms with Gasteiger partial charge < -0.3 is 20.0 Å². The number of fused-ring (bicyclic) bond motifs is 3. The van der Waals surface area contributed by atoms with Crippen LogP contribution in [0.2, 0.25) is 0 Å². The van der Waals surface area contributed by atoms with E-state index < -0.39 is 0 Å². The minimum atomic E-state index is -0.121. The molecule has 0 radical (unpaired) electrons. The van der Waals surface area contributed by atoms with Crippen LogP contribution in [-0.4, -0.2) is 43.1 Å². The van der Waals surface area contributed by atoms with E-state index in [1.165, 1.54) is 6.42 Å². The fourth-order valence-electron chi connectivity index (χ4n) is 3.49. The van der Waals surface area contributed by atoms with E-state index in [0.29, 0.717) is 23.4 Å². The van der Waals surface area contributed by atoms with Crippen molar-refractivity contribution in [1.82, 2.24) is 15.6 Å². The van der Waals surface area contributed by atoms with E-state index in [1.807, 2.05) is 25.1 Å². The lowest BCUT2D eigenvalue weighted by Crippen LogP contribution is -2.43. The van der Waals surface area contributed by atoms with Gasteiger partial charge in [-0.3, -0.25) is 9.78 Å². The zero-order valence-corrected chi connectivity index (χ0v) is 12.8. The predicted octanol–water partition coefficient (Wildman–Crippen LogP) is 1.52. The monoisotopic (exact) mass is 300 g/mol. The van der Waals surface area contributed by atoms with Crippen LogP contribution in [-0.2, 0) is 0 Å². The third-order valence-electron chi connectivity index (χ3n) is 4.68. The summed E-state index contributed by atoms with van der Waals surface area (Å²) in [5.41, 5.74) is 1.10. The second-order valence-corrected chi connectivity index (χ2v) is 6.45. The van der Waals surface area contributed by atoms with Gasteiger partial charge in [0.2, 0.25) is 0 Å². The number of nitrogens with zero attached hydrogens (tertiary/aromatic N) is 2. The van der Waals surface area contributed by atoms with Crippen LogP contribution < -0.4 is 15.5 Å². The van der Waals surface area contributed by atoms with Crippen molar-refractivity contribution in [2.75, 3.05) is 19.0 Å². The molecule has 0 aromatic carbocycles. The molecule has 1 amide bonds. The fourth-order valence-corrected chi connectivity index (χ4v) is 3.49. The second-order valence-electron chi connectivity index (χ2n) is 6.45. The molecule has 0 unspecified atom stereocenters. The van der Waals surface area contributed by atoms with Gasteiger partial charge in [-0.1, -0.05) is 0 Å². The van der Waals surface area contributed by atoms with E-state index in [4.69, 9.17) is 4.42 Å². The van der Waals surface area contributed by atoms with E-state index in [2.05, 4.69) is 15.6 Å². The minimum Gasteiger partial charge on any atom is -0.440 e. The second kappa shape index (κ2) is 4.98. The number of hydrogen-bond donors (Lipinski definition) is 2. The number of carbonyl (C=O) groups is 1. The van der Waals surface area contributed by atoms with Crippen molar-refractivity contribution in [2.24, 2.45) is 0 Å². The topological polar surface area (TPSA) is 70.4 Å². The zero-order chi connectivity index (χ0) is 15.3. The summed E-state index contributed by atoms with van der Waals surface area (Å²) in [6, 6.07) is 4.85. The van der Waals surface area contributed by atoms with Gasteiger partial charge in [-0.15, -0.1) is 0 Å². The molecule has 2 aliphatic heterocycles. The van der Waals surface area contributed by atoms with Crippen molar-refractivity contribution in [3.8, 4) is 0 Å². The number of aromatic nitrogens is 1. The quantitative estimate of drug-likeness (QED) is 0.899. The molecule has 2 aromatic rings. The van der Waals surface area contributed by atoms with Crippen molar-refractivity contribution in [3.05, 3.63) is 24.0 Å². The number of nitrogens with one attached hydrogen (secondary N) is 2. The molecule has 2 saturated heterocycles. The van der Waals surface area contributed by atoms with Crippen LogP contribution in [0.3, 0.4) is 0 Å². The first-order valence-electron chi connectivity index (χ1n) is 7.74. The number of amides is 1. The summed E-state index contributed by atoms with van der Waals surface area (Å²) in [5, 5.41) is 7.53. The van der Waals surface area contributed by atoms with Crippen LogP contribution in [0.1, 0.15) is 29.8 Å². The molecule has 0 aliphatic carbocycles. The number of anilines is 1. The standard InChI is InChI=1S/C16H20N4O2/c1-20(2)15-5-9-8-17-13(7-14(9)22-15)16(21)19-12-6-10-3-4-11(12)18-10/h5,7-8,10-12,18H,3-4,6H2,1-2H3,(H,19,21)/t10-,11+,12-/m1/s1. The highest BCUT2D eigenvalue weighted by molar-refractivity contribution is 5.95. The minimum absolute atomic E-state index is 0.121. The van der Waals surface area contributed by atoms with Gasteiger partial charge in [-0.2, -0.15) is 0 Å². The van der Waals surface area contributed by atoms with E-state index in [0.717, 1.165) is 24.1 Å². The van der Waals surface area contributed by atoms with Gasteiger partial charge in [0.15, 0.2) is 5.88 Å². The molecule has 6 nitrogen and oxygen atoms in total. The molecule has 116 valence electrons. The molecule has 2 fully saturated rings. The molecule has 4 rings (SSSR count). The lowest BCUT2D eigenvalue weighted by atomic mass is 9.95. The Hall–Kier alpha value is -2.08. The Bertz CT molecular complexity index is 724. The summed E-state index contributed by atoms with van der Waals surface area (Å²) in [7, 11) is 3.84. The normalized spacial score (nSPS) is 26.5. The average molecular weight is 300 g/mol. The maximum Gasteiger partial charge on any atom is 0.270 e. The zero-order valence-electron chi connectivity index (χ0n) is 12.8. The highest BCUT2D eigenvalue weighted by atomic mass is 16.4. The smallest absolute Gasteiger partial charge is 0.270 e. The van der Waals surface area contributed by atoms with Crippen LogP contribution in [0.25, 0.3) is 11.0 Å². The summed E-state index contributed by atoms with van der Waals surface area (Å²) in [6.45, 7) is 0. The molecular formula is C16H20N4O2. The Morgan fingerprint density at radius 1 is 1.41 bits per heavy atom. The molecule has 0 spiro atoms. The highest BCUT2D eigenvalue weighted by Crippen LogP contribution is 2.29. The number of hydrogen-bond acceptors (Lipinski definition) is 5. The van der Waals surface area contributed by atoms with Crippen molar-refractivity contribution in [2.45, 2.75) is 37.4 Å². The van der Waals surface area contributed by atoms with Crippen molar-refractivity contribution < 1.29 is 9.21 Å². The third-order valence-corrected chi connectivity index (χ3v) is 4.68. The SMILES string of the molecule is CN(C)c1cc2cnc(C(=O)N[C@@H]3C[C@H]4CC[C@@H]3N4)cc2o1. The third kappa shape index (κ3) is 2.23. The van der Waals surface area contributed by atoms with Crippen LogP contribution in [0.15, 0.2) is 22.7 Å². The first-order chi connectivity index (χ1) is 10.6. The van der Waals surface area contributed by atoms with Gasteiger partial charge in [0.1, 0.15) is 11.3 Å². The first kappa shape index (κ1) is 13.6. The summed E-state index contributed by atoms with van der Waals surface area (Å²) < 4.78 is 5.73. The van der Waals surface area contributed by atoms with Gasteiger partial charge in [0, 0.05) is 55.9 Å². The molecule has 3 atom stereocenters. The number of pyridine rings is 1. The van der Waals surface area contributed by atoms with E-state index in [-0.39, 0.29) is 11.9 Å². The fraction of sp³-hybridized carbons (Fsp3) is 0.500. The Labute approximate surface area is 128 Å². The summed E-state index contributed by atoms with van der Waals surface area (Å²) in [5.74, 6) is 0.635. The Morgan fingerprint density at radius 2 is 2.27 bits per heavy atom. The molecule has 22 heavy (non-hydrogen) atoms. The molecule has 4 heterocycles. The van der Waals surface area contributed by atoms with E-state index in [1.54, 1.807) is 12.3 Å². The molecule has 6 heteroatoms. The van der Waals surface area contributed by atoms with Crippen LogP contribution >= 0.6 is 0 Å². The van der Waals surface area contributed by atoms with Crippen LogP contribution in [0.5, 0.6) is 0 Å². The van der Waals surface area contributed by atoms with Crippen molar-refractivity contribution in [1.29, 1.82) is 0 Å². The molecular weight excluding hydrogens is 280 g/mol. The lowest BCUT2D eigenvalue weighted by molar-refractivity contribution is 0.0926. The van der Waals surface area contributed by atoms with Gasteiger partial charge in [0.25, 0.3) is 5.91 Å². The highest BCUT2D eigenvalue weighted by Gasteiger charge is 2.39. The molecule has 2 N–H and O–H groups in total. The molecule has 2 aromatic heterocycles. The van der Waals surface area contributed by atoms with E-state index >= 15 is 0 Å². The van der Waals surface area contributed by atoms with Gasteiger partial charge in [-0.25, -0.2) is 0 Å². The molecule has 2 aliphatic rings. The van der Waals surface area contributed by atoms with Crippen molar-refractivity contribution >= 4 is 22.8 Å². The van der Waals surface area contributed by atoms with Crippen LogP contribution in [0.4, 0.5) is 5.88 Å². The molecule has 2 bridgehead atoms. The summed E-state index contributed by atoms with van der Waals surface area (Å²) in [4.78, 5) is 18.6. The van der Waals surface area contributed by atoms with Gasteiger partial charge in [-0.05, 0) is 19.3 Å². The lowest BCUT2D eigenvalue weighted by Gasteiger charge is -2.21. The number of furan rings is 1. The first-order valence-corrected chi connectivity index (χ1v) is 7.74. The molecule has 0 saturated carbocycles. The maximum atomic E-state index is 12.4. The number of rotatable bonds is 3. The largest absolute Gasteiger partial charge is 0.440 e. The number of carbonyl (C=O) groups excluding carboxylic acids is 1. The van der Waals surface area contributed by atoms with Crippen molar-refractivity contribution in [3.63, 3.8) is 0 Å². The Balaban J connectivity index is 1.54. The maximum absolute atomic E-state index is 12.4. The Kier molecular flexibility index (Phi) is 3.07. The average Bonchev–Trinajstić information content (AvgIpc) is 3.20. The van der Waals surface area contributed by atoms with Crippen LogP contribution in [0, 0.1) is 0 Å². The Morgan fingerprint density at radius 3 is 2.95 bits per heavy atom. The summed E-state index contributed by atoms with van der Waals surface area (Å²) in [6.07, 6.45) is 5.08. The van der Waals surface area contributed by atoms with E-state index in [9.17, 15) is 4.79 Å². The summed E-state index contributed by atoms with van der Waals surface area (Å²) >= 11 is 0. The van der Waals surface area contributed by atoms with Gasteiger partial charge in [0.05, 0.1) is 0 Å².